The Bertz CT molecular complexity index is 186. The van der Waals surface area contributed by atoms with Crippen LogP contribution in [0.5, 0.6) is 0 Å². The quantitative estimate of drug-likeness (QED) is 0.633. The molecule has 0 N–H and O–H groups in total. The van der Waals surface area contributed by atoms with Crippen LogP contribution in [0.3, 0.4) is 0 Å². The molecule has 0 radical (unpaired) electrons. The zero-order chi connectivity index (χ0) is 9.59. The summed E-state index contributed by atoms with van der Waals surface area (Å²) >= 11 is 0. The van der Waals surface area contributed by atoms with Crippen molar-refractivity contribution in [2.75, 3.05) is 6.54 Å². The molecule has 2 fully saturated rings. The molecule has 1 heterocycles. The minimum atomic E-state index is 0.744. The molecule has 3 atom stereocenters. The van der Waals surface area contributed by atoms with Gasteiger partial charge >= 0.3 is 0 Å². The lowest BCUT2D eigenvalue weighted by molar-refractivity contribution is 0.0711. The Morgan fingerprint density at radius 1 is 1.15 bits per heavy atom. The summed E-state index contributed by atoms with van der Waals surface area (Å²) in [7, 11) is 0. The van der Waals surface area contributed by atoms with E-state index in [0.29, 0.717) is 0 Å². The average Bonchev–Trinajstić information content (AvgIpc) is 2.79. The predicted octanol–water partition coefficient (Wildman–Crippen LogP) is 2.76. The molecule has 76 valence electrons. The summed E-state index contributed by atoms with van der Waals surface area (Å²) in [5.74, 6) is 3.00. The summed E-state index contributed by atoms with van der Waals surface area (Å²) in [6.07, 6.45) is 2.98. The van der Waals surface area contributed by atoms with Crippen molar-refractivity contribution in [3.05, 3.63) is 0 Å². The lowest BCUT2D eigenvalue weighted by Gasteiger charge is -2.40. The molecule has 13 heavy (non-hydrogen) atoms. The van der Waals surface area contributed by atoms with Gasteiger partial charge in [-0.15, -0.1) is 0 Å². The van der Waals surface area contributed by atoms with E-state index >= 15 is 0 Å². The van der Waals surface area contributed by atoms with Crippen LogP contribution in [-0.4, -0.2) is 23.5 Å². The van der Waals surface area contributed by atoms with Crippen LogP contribution < -0.4 is 0 Å². The molecule has 1 aliphatic carbocycles. The highest BCUT2D eigenvalue weighted by Crippen LogP contribution is 2.51. The van der Waals surface area contributed by atoms with E-state index in [1.54, 1.807) is 0 Å². The largest absolute Gasteiger partial charge is 0.297 e. The molecule has 0 bridgehead atoms. The third-order valence-electron chi connectivity index (χ3n) is 3.90. The summed E-state index contributed by atoms with van der Waals surface area (Å²) in [5.41, 5.74) is 0. The number of likely N-dealkylation sites (tertiary alicyclic amines) is 1. The van der Waals surface area contributed by atoms with Gasteiger partial charge in [0, 0.05) is 12.1 Å². The van der Waals surface area contributed by atoms with Gasteiger partial charge < -0.3 is 0 Å². The monoisotopic (exact) mass is 181 g/mol. The third kappa shape index (κ3) is 1.63. The number of hydrogen-bond acceptors (Lipinski definition) is 1. The van der Waals surface area contributed by atoms with Crippen LogP contribution in [0.1, 0.15) is 40.5 Å². The van der Waals surface area contributed by atoms with Crippen molar-refractivity contribution in [1.29, 1.82) is 0 Å². The highest BCUT2D eigenvalue weighted by molar-refractivity contribution is 5.01. The molecule has 1 aliphatic heterocycles. The molecule has 3 unspecified atom stereocenters. The van der Waals surface area contributed by atoms with Crippen molar-refractivity contribution in [2.24, 2.45) is 17.8 Å². The topological polar surface area (TPSA) is 3.24 Å². The van der Waals surface area contributed by atoms with Crippen LogP contribution in [-0.2, 0) is 0 Å². The third-order valence-corrected chi connectivity index (χ3v) is 3.90. The van der Waals surface area contributed by atoms with E-state index in [9.17, 15) is 0 Å². The van der Waals surface area contributed by atoms with E-state index in [0.717, 1.165) is 29.8 Å². The zero-order valence-electron chi connectivity index (χ0n) is 9.46. The van der Waals surface area contributed by atoms with Gasteiger partial charge in [0.15, 0.2) is 0 Å². The number of hydrogen-bond donors (Lipinski definition) is 0. The Morgan fingerprint density at radius 3 is 2.38 bits per heavy atom. The summed E-state index contributed by atoms with van der Waals surface area (Å²) in [6, 6.07) is 1.63. The lowest BCUT2D eigenvalue weighted by atomic mass is 9.91. The maximum Gasteiger partial charge on any atom is 0.0152 e. The molecule has 1 saturated heterocycles. The molecule has 1 saturated carbocycles. The Kier molecular flexibility index (Phi) is 2.39. The van der Waals surface area contributed by atoms with Gasteiger partial charge in [0.1, 0.15) is 0 Å². The maximum atomic E-state index is 2.73. The number of rotatable bonds is 2. The molecule has 2 aliphatic rings. The first-order valence-corrected chi connectivity index (χ1v) is 5.87. The van der Waals surface area contributed by atoms with Crippen LogP contribution in [0.15, 0.2) is 0 Å². The first kappa shape index (κ1) is 9.51. The van der Waals surface area contributed by atoms with Gasteiger partial charge in [-0.2, -0.15) is 0 Å². The van der Waals surface area contributed by atoms with Gasteiger partial charge in [-0.25, -0.2) is 0 Å². The first-order chi connectivity index (χ1) is 6.11. The van der Waals surface area contributed by atoms with Crippen molar-refractivity contribution in [1.82, 2.24) is 4.90 Å². The molecule has 2 rings (SSSR count). The standard InChI is InChI=1S/C12H23N/c1-8(2)12-11-7-10(11)5-6-13(12)9(3)4/h8-12H,5-7H2,1-4H3. The normalized spacial score (nSPS) is 39.7. The van der Waals surface area contributed by atoms with Crippen molar-refractivity contribution in [2.45, 2.75) is 52.6 Å². The van der Waals surface area contributed by atoms with Crippen LogP contribution in [0.2, 0.25) is 0 Å². The van der Waals surface area contributed by atoms with Gasteiger partial charge in [0.05, 0.1) is 0 Å². The molecule has 0 aromatic heterocycles. The minimum absolute atomic E-state index is 0.744. The Hall–Kier alpha value is -0.0400. The van der Waals surface area contributed by atoms with E-state index in [2.05, 4.69) is 32.6 Å². The molecule has 0 aromatic rings. The second-order valence-electron chi connectivity index (χ2n) is 5.51. The number of fused-ring (bicyclic) bond motifs is 1. The van der Waals surface area contributed by atoms with Gasteiger partial charge in [0.25, 0.3) is 0 Å². The van der Waals surface area contributed by atoms with Crippen LogP contribution >= 0.6 is 0 Å². The second-order valence-corrected chi connectivity index (χ2v) is 5.51. The molecule has 0 amide bonds. The molecule has 1 nitrogen and oxygen atoms in total. The summed E-state index contributed by atoms with van der Waals surface area (Å²) in [5, 5.41) is 0. The number of piperidine rings is 1. The second kappa shape index (κ2) is 3.27. The Labute approximate surface area is 82.5 Å². The fraction of sp³-hybridized carbons (Fsp3) is 1.00. The highest BCUT2D eigenvalue weighted by atomic mass is 15.2. The SMILES string of the molecule is CC(C)C1C2CC2CCN1C(C)C. The van der Waals surface area contributed by atoms with Gasteiger partial charge in [-0.05, 0) is 51.0 Å². The minimum Gasteiger partial charge on any atom is -0.297 e. The van der Waals surface area contributed by atoms with E-state index in [-0.39, 0.29) is 0 Å². The van der Waals surface area contributed by atoms with Crippen LogP contribution in [0, 0.1) is 17.8 Å². The van der Waals surface area contributed by atoms with E-state index < -0.39 is 0 Å². The Morgan fingerprint density at radius 2 is 1.85 bits per heavy atom. The molecule has 0 aromatic carbocycles. The molecule has 1 heteroatoms. The summed E-state index contributed by atoms with van der Waals surface area (Å²) in [6.45, 7) is 10.8. The summed E-state index contributed by atoms with van der Waals surface area (Å²) < 4.78 is 0. The van der Waals surface area contributed by atoms with E-state index in [1.165, 1.54) is 19.4 Å². The van der Waals surface area contributed by atoms with E-state index in [1.807, 2.05) is 0 Å². The molecular weight excluding hydrogens is 158 g/mol. The highest BCUT2D eigenvalue weighted by Gasteiger charge is 2.49. The van der Waals surface area contributed by atoms with E-state index in [4.69, 9.17) is 0 Å². The predicted molar refractivity (Wildman–Crippen MR) is 56.7 cm³/mol. The van der Waals surface area contributed by atoms with Crippen LogP contribution in [0.25, 0.3) is 0 Å². The van der Waals surface area contributed by atoms with Crippen molar-refractivity contribution >= 4 is 0 Å². The van der Waals surface area contributed by atoms with Gasteiger partial charge in [-0.3, -0.25) is 4.90 Å². The van der Waals surface area contributed by atoms with Crippen LogP contribution in [0.4, 0.5) is 0 Å². The lowest BCUT2D eigenvalue weighted by Crippen LogP contribution is -2.48. The fourth-order valence-electron chi connectivity index (χ4n) is 3.21. The van der Waals surface area contributed by atoms with Gasteiger partial charge in [0.2, 0.25) is 0 Å². The number of nitrogens with zero attached hydrogens (tertiary/aromatic N) is 1. The van der Waals surface area contributed by atoms with Crippen molar-refractivity contribution in [3.63, 3.8) is 0 Å². The van der Waals surface area contributed by atoms with Crippen molar-refractivity contribution in [3.8, 4) is 0 Å². The maximum absolute atomic E-state index is 2.73. The fourth-order valence-corrected chi connectivity index (χ4v) is 3.21. The van der Waals surface area contributed by atoms with Crippen molar-refractivity contribution < 1.29 is 0 Å². The smallest absolute Gasteiger partial charge is 0.0152 e. The molecular formula is C12H23N. The molecule has 0 spiro atoms. The zero-order valence-corrected chi connectivity index (χ0v) is 9.46. The van der Waals surface area contributed by atoms with Gasteiger partial charge in [-0.1, -0.05) is 13.8 Å². The summed E-state index contributed by atoms with van der Waals surface area (Å²) in [4.78, 5) is 2.73. The first-order valence-electron chi connectivity index (χ1n) is 5.87. The Balaban J connectivity index is 2.07. The average molecular weight is 181 g/mol.